The van der Waals surface area contributed by atoms with Crippen molar-refractivity contribution >= 4 is 11.6 Å². The highest BCUT2D eigenvalue weighted by Crippen LogP contribution is 2.28. The summed E-state index contributed by atoms with van der Waals surface area (Å²) in [6.07, 6.45) is 0.939. The molecule has 0 bridgehead atoms. The maximum Gasteiger partial charge on any atom is 0.137 e. The molecular weight excluding hydrogens is 214 g/mol. The molecule has 1 aromatic carbocycles. The van der Waals surface area contributed by atoms with E-state index in [1.807, 2.05) is 12.1 Å². The second kappa shape index (κ2) is 5.95. The Bertz CT molecular complexity index is 329. The van der Waals surface area contributed by atoms with Crippen molar-refractivity contribution in [3.63, 3.8) is 0 Å². The van der Waals surface area contributed by atoms with Gasteiger partial charge in [0.15, 0.2) is 0 Å². The van der Waals surface area contributed by atoms with Gasteiger partial charge >= 0.3 is 0 Å². The molecule has 0 amide bonds. The molecule has 0 aliphatic rings. The monoisotopic (exact) mass is 229 g/mol. The normalized spacial score (nSPS) is 10.4. The molecule has 0 aromatic heterocycles. The molecule has 0 aliphatic carbocycles. The standard InChI is InChI=1S/C11H16ClNO2/c1-4-8-6-11(14-2)10(12)5-9(8)7-13-15-3/h5-6,13H,4,7H2,1-3H3. The number of hydroxylamine groups is 1. The largest absolute Gasteiger partial charge is 0.495 e. The Labute approximate surface area is 95.3 Å². The minimum absolute atomic E-state index is 0.627. The van der Waals surface area contributed by atoms with Gasteiger partial charge < -0.3 is 9.57 Å². The van der Waals surface area contributed by atoms with Gasteiger partial charge in [0.1, 0.15) is 5.75 Å². The third kappa shape index (κ3) is 3.09. The van der Waals surface area contributed by atoms with E-state index in [2.05, 4.69) is 12.4 Å². The van der Waals surface area contributed by atoms with Gasteiger partial charge in [-0.25, -0.2) is 0 Å². The Morgan fingerprint density at radius 2 is 2.00 bits per heavy atom. The van der Waals surface area contributed by atoms with Gasteiger partial charge in [0.25, 0.3) is 0 Å². The summed E-state index contributed by atoms with van der Waals surface area (Å²) in [6.45, 7) is 2.74. The molecule has 84 valence electrons. The molecule has 1 aromatic rings. The zero-order valence-corrected chi connectivity index (χ0v) is 10.0. The molecule has 3 nitrogen and oxygen atoms in total. The predicted octanol–water partition coefficient (Wildman–Crippen LogP) is 2.56. The van der Waals surface area contributed by atoms with Crippen LogP contribution in [0.25, 0.3) is 0 Å². The van der Waals surface area contributed by atoms with Crippen molar-refractivity contribution < 1.29 is 9.57 Å². The Morgan fingerprint density at radius 1 is 1.27 bits per heavy atom. The van der Waals surface area contributed by atoms with Crippen LogP contribution >= 0.6 is 11.6 Å². The molecular formula is C11H16ClNO2. The minimum Gasteiger partial charge on any atom is -0.495 e. The third-order valence-corrected chi connectivity index (χ3v) is 2.56. The van der Waals surface area contributed by atoms with E-state index in [0.717, 1.165) is 17.7 Å². The van der Waals surface area contributed by atoms with Crippen molar-refractivity contribution in [3.8, 4) is 5.75 Å². The Kier molecular flexibility index (Phi) is 4.88. The molecule has 1 rings (SSSR count). The summed E-state index contributed by atoms with van der Waals surface area (Å²) in [5.41, 5.74) is 5.14. The van der Waals surface area contributed by atoms with Crippen molar-refractivity contribution in [2.45, 2.75) is 19.9 Å². The van der Waals surface area contributed by atoms with Crippen LogP contribution in [-0.2, 0) is 17.8 Å². The number of methoxy groups -OCH3 is 1. The third-order valence-electron chi connectivity index (χ3n) is 2.26. The average molecular weight is 230 g/mol. The summed E-state index contributed by atoms with van der Waals surface area (Å²) in [5, 5.41) is 0.627. The SMILES string of the molecule is CCc1cc(OC)c(Cl)cc1CNOC. The lowest BCUT2D eigenvalue weighted by atomic mass is 10.0. The first kappa shape index (κ1) is 12.3. The van der Waals surface area contributed by atoms with Crippen LogP contribution in [0.4, 0.5) is 0 Å². The van der Waals surface area contributed by atoms with Crippen molar-refractivity contribution in [2.75, 3.05) is 14.2 Å². The predicted molar refractivity (Wildman–Crippen MR) is 61.2 cm³/mol. The highest BCUT2D eigenvalue weighted by molar-refractivity contribution is 6.32. The Hall–Kier alpha value is -0.770. The smallest absolute Gasteiger partial charge is 0.137 e. The number of halogens is 1. The lowest BCUT2D eigenvalue weighted by Crippen LogP contribution is -2.12. The molecule has 0 fully saturated rings. The van der Waals surface area contributed by atoms with Gasteiger partial charge in [-0.3, -0.25) is 0 Å². The molecule has 15 heavy (non-hydrogen) atoms. The van der Waals surface area contributed by atoms with Gasteiger partial charge in [0.2, 0.25) is 0 Å². The fraction of sp³-hybridized carbons (Fsp3) is 0.455. The van der Waals surface area contributed by atoms with Crippen molar-refractivity contribution in [1.82, 2.24) is 5.48 Å². The van der Waals surface area contributed by atoms with E-state index in [1.54, 1.807) is 14.2 Å². The molecule has 1 N–H and O–H groups in total. The van der Waals surface area contributed by atoms with E-state index >= 15 is 0 Å². The number of hydrogen-bond donors (Lipinski definition) is 1. The van der Waals surface area contributed by atoms with Gasteiger partial charge in [0.05, 0.1) is 19.2 Å². The summed E-state index contributed by atoms with van der Waals surface area (Å²) in [4.78, 5) is 4.82. The van der Waals surface area contributed by atoms with Gasteiger partial charge in [0, 0.05) is 6.54 Å². The fourth-order valence-corrected chi connectivity index (χ4v) is 1.70. The lowest BCUT2D eigenvalue weighted by Gasteiger charge is -2.11. The number of rotatable bonds is 5. The van der Waals surface area contributed by atoms with Crippen molar-refractivity contribution in [1.29, 1.82) is 0 Å². The van der Waals surface area contributed by atoms with Crippen LogP contribution in [0.5, 0.6) is 5.75 Å². The zero-order chi connectivity index (χ0) is 11.3. The molecule has 0 atom stereocenters. The molecule has 4 heteroatoms. The number of hydrogen-bond acceptors (Lipinski definition) is 3. The Balaban J connectivity index is 2.98. The van der Waals surface area contributed by atoms with Crippen LogP contribution in [0.3, 0.4) is 0 Å². The van der Waals surface area contributed by atoms with Crippen LogP contribution in [0, 0.1) is 0 Å². The van der Waals surface area contributed by atoms with E-state index < -0.39 is 0 Å². The quantitative estimate of drug-likeness (QED) is 0.788. The maximum absolute atomic E-state index is 6.04. The van der Waals surface area contributed by atoms with E-state index in [0.29, 0.717) is 11.6 Å². The highest BCUT2D eigenvalue weighted by atomic mass is 35.5. The second-order valence-electron chi connectivity index (χ2n) is 3.13. The van der Waals surface area contributed by atoms with E-state index in [9.17, 15) is 0 Å². The number of benzene rings is 1. The molecule has 0 unspecified atom stereocenters. The lowest BCUT2D eigenvalue weighted by molar-refractivity contribution is 0.0865. The average Bonchev–Trinajstić information content (AvgIpc) is 2.26. The number of nitrogens with one attached hydrogen (secondary N) is 1. The van der Waals surface area contributed by atoms with Gasteiger partial charge in [-0.2, -0.15) is 5.48 Å². The van der Waals surface area contributed by atoms with E-state index in [4.69, 9.17) is 21.2 Å². The van der Waals surface area contributed by atoms with Crippen molar-refractivity contribution in [3.05, 3.63) is 28.3 Å². The zero-order valence-electron chi connectivity index (χ0n) is 9.26. The highest BCUT2D eigenvalue weighted by Gasteiger charge is 2.07. The summed E-state index contributed by atoms with van der Waals surface area (Å²) in [5.74, 6) is 0.717. The molecule has 0 heterocycles. The van der Waals surface area contributed by atoms with Crippen LogP contribution in [-0.4, -0.2) is 14.2 Å². The molecule has 0 saturated carbocycles. The first-order valence-electron chi connectivity index (χ1n) is 4.84. The summed E-state index contributed by atoms with van der Waals surface area (Å²) >= 11 is 6.04. The minimum atomic E-state index is 0.627. The molecule has 0 aliphatic heterocycles. The van der Waals surface area contributed by atoms with Crippen LogP contribution in [0.1, 0.15) is 18.1 Å². The fourth-order valence-electron chi connectivity index (χ4n) is 1.44. The van der Waals surface area contributed by atoms with Crippen LogP contribution in [0.2, 0.25) is 5.02 Å². The van der Waals surface area contributed by atoms with Crippen LogP contribution < -0.4 is 10.2 Å². The number of aryl methyl sites for hydroxylation is 1. The summed E-state index contributed by atoms with van der Waals surface area (Å²) in [7, 11) is 3.21. The maximum atomic E-state index is 6.04. The summed E-state index contributed by atoms with van der Waals surface area (Å²) < 4.78 is 5.16. The molecule has 0 spiro atoms. The van der Waals surface area contributed by atoms with E-state index in [-0.39, 0.29) is 0 Å². The van der Waals surface area contributed by atoms with Gasteiger partial charge in [-0.1, -0.05) is 18.5 Å². The second-order valence-corrected chi connectivity index (χ2v) is 3.54. The van der Waals surface area contributed by atoms with Crippen molar-refractivity contribution in [2.24, 2.45) is 0 Å². The molecule has 0 saturated heterocycles. The summed E-state index contributed by atoms with van der Waals surface area (Å²) in [6, 6.07) is 3.88. The first-order valence-corrected chi connectivity index (χ1v) is 5.21. The molecule has 0 radical (unpaired) electrons. The van der Waals surface area contributed by atoms with Gasteiger partial charge in [-0.15, -0.1) is 0 Å². The van der Waals surface area contributed by atoms with Gasteiger partial charge in [-0.05, 0) is 29.7 Å². The topological polar surface area (TPSA) is 30.5 Å². The number of ether oxygens (including phenoxy) is 1. The van der Waals surface area contributed by atoms with E-state index in [1.165, 1.54) is 5.56 Å². The first-order chi connectivity index (χ1) is 7.22. The van der Waals surface area contributed by atoms with Crippen LogP contribution in [0.15, 0.2) is 12.1 Å². The Morgan fingerprint density at radius 3 is 2.53 bits per heavy atom.